The summed E-state index contributed by atoms with van der Waals surface area (Å²) >= 11 is 1.30. The maximum Gasteiger partial charge on any atom is 0.267 e. The third-order valence-electron chi connectivity index (χ3n) is 2.26. The SMILES string of the molecule is COc1csc(C(=O)Nc2n[nH]c(C)c2N)c1. The van der Waals surface area contributed by atoms with Crippen LogP contribution in [-0.2, 0) is 0 Å². The molecule has 1 amide bonds. The molecule has 17 heavy (non-hydrogen) atoms. The van der Waals surface area contributed by atoms with Crippen LogP contribution in [0.3, 0.4) is 0 Å². The van der Waals surface area contributed by atoms with Gasteiger partial charge in [0.15, 0.2) is 5.82 Å². The van der Waals surface area contributed by atoms with Crippen molar-refractivity contribution >= 4 is 28.7 Å². The van der Waals surface area contributed by atoms with Crippen LogP contribution in [0.5, 0.6) is 5.75 Å². The molecule has 0 radical (unpaired) electrons. The van der Waals surface area contributed by atoms with E-state index in [-0.39, 0.29) is 5.91 Å². The Bertz CT molecular complexity index is 546. The molecule has 2 aromatic heterocycles. The van der Waals surface area contributed by atoms with Gasteiger partial charge in [0.05, 0.1) is 23.4 Å². The maximum absolute atomic E-state index is 11.8. The molecule has 0 aliphatic heterocycles. The third kappa shape index (κ3) is 2.23. The predicted molar refractivity (Wildman–Crippen MR) is 66.6 cm³/mol. The minimum absolute atomic E-state index is 0.253. The zero-order chi connectivity index (χ0) is 12.4. The highest BCUT2D eigenvalue weighted by Crippen LogP contribution is 2.23. The first-order valence-corrected chi connectivity index (χ1v) is 5.74. The average molecular weight is 252 g/mol. The first kappa shape index (κ1) is 11.5. The number of anilines is 2. The van der Waals surface area contributed by atoms with Gasteiger partial charge in [0, 0.05) is 11.4 Å². The van der Waals surface area contributed by atoms with Crippen molar-refractivity contribution in [2.45, 2.75) is 6.92 Å². The number of carbonyl (C=O) groups excluding carboxylic acids is 1. The van der Waals surface area contributed by atoms with Crippen LogP contribution in [-0.4, -0.2) is 23.2 Å². The molecule has 0 bridgehead atoms. The Hall–Kier alpha value is -2.02. The Balaban J connectivity index is 2.14. The number of thiophene rings is 1. The van der Waals surface area contributed by atoms with E-state index < -0.39 is 0 Å². The number of nitrogens with one attached hydrogen (secondary N) is 2. The molecule has 2 rings (SSSR count). The van der Waals surface area contributed by atoms with Gasteiger partial charge in [0.1, 0.15) is 5.75 Å². The van der Waals surface area contributed by atoms with Gasteiger partial charge in [0.25, 0.3) is 5.91 Å². The summed E-state index contributed by atoms with van der Waals surface area (Å²) in [6.07, 6.45) is 0. The van der Waals surface area contributed by atoms with E-state index in [2.05, 4.69) is 15.5 Å². The van der Waals surface area contributed by atoms with E-state index in [1.807, 2.05) is 0 Å². The van der Waals surface area contributed by atoms with Crippen LogP contribution in [0.2, 0.25) is 0 Å². The van der Waals surface area contributed by atoms with Crippen molar-refractivity contribution in [2.75, 3.05) is 18.2 Å². The van der Waals surface area contributed by atoms with E-state index in [0.29, 0.717) is 22.1 Å². The highest BCUT2D eigenvalue weighted by Gasteiger charge is 2.13. The molecule has 0 aromatic carbocycles. The number of methoxy groups -OCH3 is 1. The topological polar surface area (TPSA) is 93.0 Å². The lowest BCUT2D eigenvalue weighted by Crippen LogP contribution is -2.11. The standard InChI is InChI=1S/C10H12N4O2S/c1-5-8(11)9(14-13-5)12-10(15)7-3-6(16-2)4-17-7/h3-4H,11H2,1-2H3,(H2,12,13,14,15). The molecule has 0 unspecified atom stereocenters. The van der Waals surface area contributed by atoms with Crippen molar-refractivity contribution in [1.29, 1.82) is 0 Å². The minimum Gasteiger partial charge on any atom is -0.496 e. The van der Waals surface area contributed by atoms with E-state index >= 15 is 0 Å². The van der Waals surface area contributed by atoms with Crippen molar-refractivity contribution in [1.82, 2.24) is 10.2 Å². The summed E-state index contributed by atoms with van der Waals surface area (Å²) in [6, 6.07) is 1.66. The molecule has 6 nitrogen and oxygen atoms in total. The van der Waals surface area contributed by atoms with Crippen LogP contribution in [0.25, 0.3) is 0 Å². The van der Waals surface area contributed by atoms with Crippen molar-refractivity contribution < 1.29 is 9.53 Å². The van der Waals surface area contributed by atoms with E-state index in [0.717, 1.165) is 5.69 Å². The molecule has 0 saturated heterocycles. The van der Waals surface area contributed by atoms with E-state index in [1.54, 1.807) is 25.5 Å². The second-order valence-corrected chi connectivity index (χ2v) is 4.33. The van der Waals surface area contributed by atoms with Gasteiger partial charge in [0.2, 0.25) is 0 Å². The second kappa shape index (κ2) is 4.46. The number of ether oxygens (including phenoxy) is 1. The number of hydrogen-bond donors (Lipinski definition) is 3. The van der Waals surface area contributed by atoms with Gasteiger partial charge < -0.3 is 15.8 Å². The van der Waals surface area contributed by atoms with E-state index in [1.165, 1.54) is 11.3 Å². The number of aromatic amines is 1. The van der Waals surface area contributed by atoms with Crippen molar-refractivity contribution in [3.05, 3.63) is 22.0 Å². The second-order valence-electron chi connectivity index (χ2n) is 3.42. The molecular formula is C10H12N4O2S. The largest absolute Gasteiger partial charge is 0.496 e. The number of carbonyl (C=O) groups is 1. The van der Waals surface area contributed by atoms with Gasteiger partial charge >= 0.3 is 0 Å². The maximum atomic E-state index is 11.8. The van der Waals surface area contributed by atoms with Gasteiger partial charge in [-0.1, -0.05) is 0 Å². The number of rotatable bonds is 3. The van der Waals surface area contributed by atoms with Gasteiger partial charge in [-0.3, -0.25) is 9.89 Å². The van der Waals surface area contributed by atoms with Gasteiger partial charge in [-0.15, -0.1) is 11.3 Å². The number of nitrogen functional groups attached to an aromatic ring is 1. The van der Waals surface area contributed by atoms with Gasteiger partial charge in [-0.2, -0.15) is 5.10 Å². The summed E-state index contributed by atoms with van der Waals surface area (Å²) in [7, 11) is 1.55. The number of amides is 1. The molecule has 0 fully saturated rings. The Morgan fingerprint density at radius 3 is 2.94 bits per heavy atom. The van der Waals surface area contributed by atoms with Crippen LogP contribution in [0.1, 0.15) is 15.4 Å². The quantitative estimate of drug-likeness (QED) is 0.773. The number of nitrogens with two attached hydrogens (primary N) is 1. The zero-order valence-corrected chi connectivity index (χ0v) is 10.2. The average Bonchev–Trinajstić information content (AvgIpc) is 2.91. The zero-order valence-electron chi connectivity index (χ0n) is 9.40. The van der Waals surface area contributed by atoms with Gasteiger partial charge in [-0.05, 0) is 6.92 Å². The highest BCUT2D eigenvalue weighted by molar-refractivity contribution is 7.12. The molecule has 90 valence electrons. The fourth-order valence-corrected chi connectivity index (χ4v) is 2.00. The van der Waals surface area contributed by atoms with Crippen LogP contribution in [0.4, 0.5) is 11.5 Å². The first-order valence-electron chi connectivity index (χ1n) is 4.86. The number of aromatic nitrogens is 2. The molecule has 4 N–H and O–H groups in total. The van der Waals surface area contributed by atoms with E-state index in [9.17, 15) is 4.79 Å². The summed E-state index contributed by atoms with van der Waals surface area (Å²) in [5, 5.41) is 11.0. The van der Waals surface area contributed by atoms with E-state index in [4.69, 9.17) is 10.5 Å². The molecule has 0 aliphatic rings. The number of H-pyrrole nitrogens is 1. The number of aryl methyl sites for hydroxylation is 1. The van der Waals surface area contributed by atoms with Crippen LogP contribution < -0.4 is 15.8 Å². The summed E-state index contributed by atoms with van der Waals surface area (Å²) < 4.78 is 5.01. The molecule has 0 saturated carbocycles. The summed E-state index contributed by atoms with van der Waals surface area (Å²) in [4.78, 5) is 12.4. The van der Waals surface area contributed by atoms with Crippen LogP contribution in [0, 0.1) is 6.92 Å². The number of nitrogens with zero attached hydrogens (tertiary/aromatic N) is 1. The lowest BCUT2D eigenvalue weighted by Gasteiger charge is -2.00. The Morgan fingerprint density at radius 1 is 1.65 bits per heavy atom. The smallest absolute Gasteiger partial charge is 0.267 e. The lowest BCUT2D eigenvalue weighted by molar-refractivity contribution is 0.103. The van der Waals surface area contributed by atoms with Crippen molar-refractivity contribution in [2.24, 2.45) is 0 Å². The highest BCUT2D eigenvalue weighted by atomic mass is 32.1. The van der Waals surface area contributed by atoms with Gasteiger partial charge in [-0.25, -0.2) is 0 Å². The molecule has 2 aromatic rings. The molecule has 7 heteroatoms. The Labute approximate surface area is 102 Å². The fraction of sp³-hybridized carbons (Fsp3) is 0.200. The summed E-state index contributed by atoms with van der Waals surface area (Å²) in [5.74, 6) is 0.752. The fourth-order valence-electron chi connectivity index (χ4n) is 1.25. The lowest BCUT2D eigenvalue weighted by atomic mass is 10.3. The summed E-state index contributed by atoms with van der Waals surface area (Å²) in [6.45, 7) is 1.78. The minimum atomic E-state index is -0.253. The monoisotopic (exact) mass is 252 g/mol. The third-order valence-corrected chi connectivity index (χ3v) is 3.17. The molecule has 0 spiro atoms. The normalized spacial score (nSPS) is 10.2. The van der Waals surface area contributed by atoms with Crippen molar-refractivity contribution in [3.8, 4) is 5.75 Å². The molecule has 0 atom stereocenters. The van der Waals surface area contributed by atoms with Crippen molar-refractivity contribution in [3.63, 3.8) is 0 Å². The Morgan fingerprint density at radius 2 is 2.41 bits per heavy atom. The molecule has 2 heterocycles. The first-order chi connectivity index (χ1) is 8.11. The Kier molecular flexibility index (Phi) is 3.01. The summed E-state index contributed by atoms with van der Waals surface area (Å²) in [5.41, 5.74) is 6.90. The van der Waals surface area contributed by atoms with Crippen LogP contribution >= 0.6 is 11.3 Å². The molecular weight excluding hydrogens is 240 g/mol. The number of hydrogen-bond acceptors (Lipinski definition) is 5. The molecule has 0 aliphatic carbocycles. The van der Waals surface area contributed by atoms with Crippen LogP contribution in [0.15, 0.2) is 11.4 Å². The predicted octanol–water partition coefficient (Wildman–Crippen LogP) is 1.62.